The van der Waals surface area contributed by atoms with Gasteiger partial charge in [0.05, 0.1) is 6.54 Å². The number of hydroxylamine groups is 2. The molecular formula is C17H24ClN3O3S. The summed E-state index contributed by atoms with van der Waals surface area (Å²) < 4.78 is 1.11. The molecule has 25 heavy (non-hydrogen) atoms. The highest BCUT2D eigenvalue weighted by Gasteiger charge is 2.26. The second kappa shape index (κ2) is 9.60. The van der Waals surface area contributed by atoms with Crippen molar-refractivity contribution in [1.29, 1.82) is 0 Å². The summed E-state index contributed by atoms with van der Waals surface area (Å²) >= 11 is 1.55. The molecule has 6 nitrogen and oxygen atoms in total. The lowest BCUT2D eigenvalue weighted by Crippen LogP contribution is -2.42. The molecule has 0 bridgehead atoms. The third kappa shape index (κ3) is 5.32. The van der Waals surface area contributed by atoms with Gasteiger partial charge in [-0.05, 0) is 37.5 Å². The maximum absolute atomic E-state index is 12.1. The van der Waals surface area contributed by atoms with Gasteiger partial charge in [-0.25, -0.2) is 9.59 Å². The number of urea groups is 1. The highest BCUT2D eigenvalue weighted by molar-refractivity contribution is 7.19. The molecule has 2 N–H and O–H groups in total. The van der Waals surface area contributed by atoms with Gasteiger partial charge in [0.1, 0.15) is 6.04 Å². The summed E-state index contributed by atoms with van der Waals surface area (Å²) in [7, 11) is 0. The summed E-state index contributed by atoms with van der Waals surface area (Å²) in [5.41, 5.74) is 5.41. The quantitative estimate of drug-likeness (QED) is 0.771. The van der Waals surface area contributed by atoms with Crippen molar-refractivity contribution in [1.82, 2.24) is 9.96 Å². The Morgan fingerprint density at radius 2 is 1.88 bits per heavy atom. The molecule has 0 radical (unpaired) electrons. The van der Waals surface area contributed by atoms with Crippen LogP contribution in [-0.4, -0.2) is 41.6 Å². The van der Waals surface area contributed by atoms with Gasteiger partial charge >= 0.3 is 12.0 Å². The molecule has 0 aliphatic rings. The molecule has 1 aromatic carbocycles. The Bertz CT molecular complexity index is 685. The first-order valence-electron chi connectivity index (χ1n) is 7.96. The maximum atomic E-state index is 12.1. The summed E-state index contributed by atoms with van der Waals surface area (Å²) in [4.78, 5) is 31.9. The predicted molar refractivity (Wildman–Crippen MR) is 103 cm³/mol. The summed E-state index contributed by atoms with van der Waals surface area (Å²) in [6.07, 6.45) is 0. The Kier molecular flexibility index (Phi) is 8.15. The van der Waals surface area contributed by atoms with Crippen LogP contribution in [0.15, 0.2) is 30.3 Å². The van der Waals surface area contributed by atoms with Crippen molar-refractivity contribution < 1.29 is 14.4 Å². The zero-order valence-corrected chi connectivity index (χ0v) is 16.2. The van der Waals surface area contributed by atoms with Crippen molar-refractivity contribution in [2.24, 2.45) is 5.73 Å². The number of halogens is 1. The van der Waals surface area contributed by atoms with Crippen molar-refractivity contribution in [3.8, 4) is 0 Å². The zero-order chi connectivity index (χ0) is 17.7. The van der Waals surface area contributed by atoms with Crippen LogP contribution in [0.25, 0.3) is 10.1 Å². The van der Waals surface area contributed by atoms with Crippen LogP contribution in [0.5, 0.6) is 0 Å². The summed E-state index contributed by atoms with van der Waals surface area (Å²) in [6.45, 7) is 7.29. The van der Waals surface area contributed by atoms with E-state index in [1.165, 1.54) is 0 Å². The molecule has 0 saturated carbocycles. The van der Waals surface area contributed by atoms with E-state index < -0.39 is 18.0 Å². The van der Waals surface area contributed by atoms with Crippen LogP contribution in [0.1, 0.15) is 31.7 Å². The molecule has 1 aromatic heterocycles. The Balaban J connectivity index is 0.00000312. The lowest BCUT2D eigenvalue weighted by Gasteiger charge is -2.26. The number of nitrogens with zero attached hydrogens (tertiary/aromatic N) is 2. The number of carbonyl (C=O) groups excluding carboxylic acids is 2. The van der Waals surface area contributed by atoms with E-state index in [1.807, 2.05) is 49.1 Å². The fourth-order valence-electron chi connectivity index (χ4n) is 2.41. The minimum Gasteiger partial charge on any atom is -0.349 e. The number of primary amides is 1. The average molecular weight is 386 g/mol. The lowest BCUT2D eigenvalue weighted by molar-refractivity contribution is -0.184. The first kappa shape index (κ1) is 21.2. The van der Waals surface area contributed by atoms with E-state index >= 15 is 0 Å². The number of carbonyl (C=O) groups is 2. The Hall–Kier alpha value is -1.83. The molecule has 1 atom stereocenters. The molecule has 8 heteroatoms. The number of likely N-dealkylation sites (N-methyl/N-ethyl adjacent to an activating group) is 1. The topological polar surface area (TPSA) is 75.9 Å². The van der Waals surface area contributed by atoms with Gasteiger partial charge in [-0.2, -0.15) is 0 Å². The molecule has 0 aliphatic heterocycles. The Morgan fingerprint density at radius 3 is 2.44 bits per heavy atom. The summed E-state index contributed by atoms with van der Waals surface area (Å²) in [6, 6.07) is 8.69. The van der Waals surface area contributed by atoms with E-state index in [9.17, 15) is 9.59 Å². The average Bonchev–Trinajstić information content (AvgIpc) is 3.00. The molecule has 0 aliphatic carbocycles. The molecule has 2 aromatic rings. The maximum Gasteiger partial charge on any atom is 0.348 e. The minimum absolute atomic E-state index is 0. The van der Waals surface area contributed by atoms with E-state index in [1.54, 1.807) is 18.3 Å². The van der Waals surface area contributed by atoms with Crippen LogP contribution in [0.4, 0.5) is 4.79 Å². The van der Waals surface area contributed by atoms with E-state index in [4.69, 9.17) is 10.6 Å². The first-order chi connectivity index (χ1) is 11.5. The van der Waals surface area contributed by atoms with Gasteiger partial charge in [-0.15, -0.1) is 28.8 Å². The molecule has 0 saturated heterocycles. The molecule has 0 spiro atoms. The van der Waals surface area contributed by atoms with E-state index in [-0.39, 0.29) is 19.0 Å². The SMILES string of the molecule is CCN(CC)CC(=O)ON(C(N)=O)[C@H](C)c1cc2ccccc2s1.Cl. The molecule has 0 fully saturated rings. The van der Waals surface area contributed by atoms with Crippen LogP contribution >= 0.6 is 23.7 Å². The van der Waals surface area contributed by atoms with Gasteiger partial charge in [0.15, 0.2) is 0 Å². The van der Waals surface area contributed by atoms with Gasteiger partial charge in [0.25, 0.3) is 0 Å². The number of benzene rings is 1. The molecule has 2 rings (SSSR count). The number of amides is 2. The second-order valence-electron chi connectivity index (χ2n) is 5.45. The van der Waals surface area contributed by atoms with E-state index in [0.29, 0.717) is 0 Å². The van der Waals surface area contributed by atoms with Crippen molar-refractivity contribution in [2.45, 2.75) is 26.8 Å². The summed E-state index contributed by atoms with van der Waals surface area (Å²) in [5, 5.41) is 2.04. The van der Waals surface area contributed by atoms with E-state index in [2.05, 4.69) is 0 Å². The number of fused-ring (bicyclic) bond motifs is 1. The first-order valence-corrected chi connectivity index (χ1v) is 8.78. The predicted octanol–water partition coefficient (Wildman–Crippen LogP) is 3.56. The number of thiophene rings is 1. The molecule has 0 unspecified atom stereocenters. The number of hydrogen-bond acceptors (Lipinski definition) is 5. The third-order valence-electron chi connectivity index (χ3n) is 3.87. The normalized spacial score (nSPS) is 11.8. The van der Waals surface area contributed by atoms with Crippen molar-refractivity contribution in [3.05, 3.63) is 35.2 Å². The van der Waals surface area contributed by atoms with Gasteiger partial charge < -0.3 is 10.6 Å². The van der Waals surface area contributed by atoms with Gasteiger partial charge in [0, 0.05) is 9.58 Å². The molecule has 2 amide bonds. The van der Waals surface area contributed by atoms with Gasteiger partial charge in [0.2, 0.25) is 0 Å². The minimum atomic E-state index is -0.784. The number of nitrogens with two attached hydrogens (primary N) is 1. The smallest absolute Gasteiger partial charge is 0.348 e. The fourth-order valence-corrected chi connectivity index (χ4v) is 3.50. The van der Waals surface area contributed by atoms with Crippen LogP contribution in [0.2, 0.25) is 0 Å². The van der Waals surface area contributed by atoms with Crippen LogP contribution in [-0.2, 0) is 9.63 Å². The monoisotopic (exact) mass is 385 g/mol. The highest BCUT2D eigenvalue weighted by atomic mass is 35.5. The van der Waals surface area contributed by atoms with Gasteiger partial charge in [-0.1, -0.05) is 32.0 Å². The standard InChI is InChI=1S/C17H23N3O3S.ClH/c1-4-19(5-2)11-16(21)23-20(17(18)22)12(3)15-10-13-8-6-7-9-14(13)24-15;/h6-10,12H,4-5,11H2,1-3H3,(H2,18,22);1H/t12-;/m1./s1. The second-order valence-corrected chi connectivity index (χ2v) is 6.57. The van der Waals surface area contributed by atoms with Gasteiger partial charge in [-0.3, -0.25) is 4.90 Å². The lowest BCUT2D eigenvalue weighted by atomic mass is 10.2. The van der Waals surface area contributed by atoms with Crippen molar-refractivity contribution in [2.75, 3.05) is 19.6 Å². The van der Waals surface area contributed by atoms with E-state index in [0.717, 1.165) is 33.1 Å². The van der Waals surface area contributed by atoms with Crippen LogP contribution < -0.4 is 5.73 Å². The molecule has 138 valence electrons. The Labute approximate surface area is 157 Å². The van der Waals surface area contributed by atoms with Crippen molar-refractivity contribution >= 4 is 45.8 Å². The Morgan fingerprint density at radius 1 is 1.24 bits per heavy atom. The summed E-state index contributed by atoms with van der Waals surface area (Å²) in [5.74, 6) is -0.495. The van der Waals surface area contributed by atoms with Crippen LogP contribution in [0, 0.1) is 0 Å². The fraction of sp³-hybridized carbons (Fsp3) is 0.412. The number of hydrogen-bond donors (Lipinski definition) is 1. The molecule has 1 heterocycles. The van der Waals surface area contributed by atoms with Crippen LogP contribution in [0.3, 0.4) is 0 Å². The third-order valence-corrected chi connectivity index (χ3v) is 5.16. The highest BCUT2D eigenvalue weighted by Crippen LogP contribution is 2.32. The largest absolute Gasteiger partial charge is 0.349 e. The zero-order valence-electron chi connectivity index (χ0n) is 14.6. The molecular weight excluding hydrogens is 362 g/mol. The van der Waals surface area contributed by atoms with Crippen molar-refractivity contribution in [3.63, 3.8) is 0 Å². The number of rotatable bonds is 6.